The first kappa shape index (κ1) is 12.0. The SMILES string of the molecule is COc1ccc(C(=O)C(=O)O)c(C)c1OC. The molecule has 0 radical (unpaired) electrons. The van der Waals surface area contributed by atoms with E-state index in [1.807, 2.05) is 0 Å². The van der Waals surface area contributed by atoms with Crippen LogP contribution in [0.1, 0.15) is 15.9 Å². The van der Waals surface area contributed by atoms with E-state index in [1.54, 1.807) is 6.92 Å². The quantitative estimate of drug-likeness (QED) is 0.616. The average molecular weight is 224 g/mol. The number of carboxylic acid groups (broad SMARTS) is 1. The van der Waals surface area contributed by atoms with Gasteiger partial charge in [-0.2, -0.15) is 0 Å². The van der Waals surface area contributed by atoms with Crippen molar-refractivity contribution in [3.05, 3.63) is 23.3 Å². The van der Waals surface area contributed by atoms with Crippen molar-refractivity contribution in [2.45, 2.75) is 6.92 Å². The lowest BCUT2D eigenvalue weighted by atomic mass is 10.0. The smallest absolute Gasteiger partial charge is 0.377 e. The number of hydrogen-bond acceptors (Lipinski definition) is 4. The van der Waals surface area contributed by atoms with Crippen LogP contribution in [0, 0.1) is 6.92 Å². The van der Waals surface area contributed by atoms with E-state index in [-0.39, 0.29) is 5.56 Å². The lowest BCUT2D eigenvalue weighted by molar-refractivity contribution is -0.131. The number of Topliss-reactive ketones (excluding diaryl/α,β-unsaturated/α-hetero) is 1. The van der Waals surface area contributed by atoms with Gasteiger partial charge in [0.25, 0.3) is 5.78 Å². The summed E-state index contributed by atoms with van der Waals surface area (Å²) in [6, 6.07) is 2.91. The maximum Gasteiger partial charge on any atom is 0.377 e. The monoisotopic (exact) mass is 224 g/mol. The van der Waals surface area contributed by atoms with Gasteiger partial charge in [0.1, 0.15) is 0 Å². The van der Waals surface area contributed by atoms with E-state index in [0.29, 0.717) is 17.1 Å². The molecule has 86 valence electrons. The Balaban J connectivity index is 3.34. The zero-order valence-corrected chi connectivity index (χ0v) is 9.23. The third-order valence-electron chi connectivity index (χ3n) is 2.23. The highest BCUT2D eigenvalue weighted by molar-refractivity contribution is 6.40. The van der Waals surface area contributed by atoms with Gasteiger partial charge in [-0.3, -0.25) is 4.79 Å². The summed E-state index contributed by atoms with van der Waals surface area (Å²) < 4.78 is 10.1. The van der Waals surface area contributed by atoms with E-state index in [1.165, 1.54) is 26.4 Å². The Hall–Kier alpha value is -2.04. The van der Waals surface area contributed by atoms with Crippen LogP contribution in [-0.2, 0) is 4.79 Å². The fourth-order valence-electron chi connectivity index (χ4n) is 1.44. The molecular weight excluding hydrogens is 212 g/mol. The van der Waals surface area contributed by atoms with E-state index in [4.69, 9.17) is 14.6 Å². The minimum atomic E-state index is -1.49. The molecule has 0 unspecified atom stereocenters. The largest absolute Gasteiger partial charge is 0.493 e. The summed E-state index contributed by atoms with van der Waals surface area (Å²) >= 11 is 0. The number of aliphatic carboxylic acids is 1. The van der Waals surface area contributed by atoms with Crippen molar-refractivity contribution in [2.24, 2.45) is 0 Å². The highest BCUT2D eigenvalue weighted by Gasteiger charge is 2.20. The predicted molar refractivity (Wildman–Crippen MR) is 56.2 cm³/mol. The van der Waals surface area contributed by atoms with E-state index in [0.717, 1.165) is 0 Å². The molecule has 0 bridgehead atoms. The van der Waals surface area contributed by atoms with E-state index >= 15 is 0 Å². The molecule has 0 saturated carbocycles. The average Bonchev–Trinajstić information content (AvgIpc) is 2.27. The number of hydrogen-bond donors (Lipinski definition) is 1. The van der Waals surface area contributed by atoms with Crippen LogP contribution in [0.3, 0.4) is 0 Å². The van der Waals surface area contributed by atoms with Gasteiger partial charge >= 0.3 is 5.97 Å². The van der Waals surface area contributed by atoms with Crippen molar-refractivity contribution < 1.29 is 24.2 Å². The van der Waals surface area contributed by atoms with Crippen molar-refractivity contribution in [3.63, 3.8) is 0 Å². The maximum atomic E-state index is 11.3. The topological polar surface area (TPSA) is 72.8 Å². The van der Waals surface area contributed by atoms with Gasteiger partial charge in [0.15, 0.2) is 11.5 Å². The van der Waals surface area contributed by atoms with Crippen LogP contribution in [0.4, 0.5) is 0 Å². The van der Waals surface area contributed by atoms with Gasteiger partial charge in [0, 0.05) is 11.1 Å². The summed E-state index contributed by atoms with van der Waals surface area (Å²) in [6.45, 7) is 1.61. The Kier molecular flexibility index (Phi) is 3.50. The predicted octanol–water partition coefficient (Wildman–Crippen LogP) is 1.28. The number of carboxylic acids is 1. The molecule has 0 heterocycles. The standard InChI is InChI=1S/C11H12O5/c1-6-7(9(12)11(13)14)4-5-8(15-2)10(6)16-3/h4-5H,1-3H3,(H,13,14). The van der Waals surface area contributed by atoms with Crippen LogP contribution < -0.4 is 9.47 Å². The molecule has 5 heteroatoms. The minimum absolute atomic E-state index is 0.102. The number of rotatable bonds is 4. The van der Waals surface area contributed by atoms with Gasteiger partial charge < -0.3 is 14.6 Å². The molecule has 0 atom stereocenters. The number of ether oxygens (including phenoxy) is 2. The molecule has 0 saturated heterocycles. The minimum Gasteiger partial charge on any atom is -0.493 e. The second kappa shape index (κ2) is 4.65. The summed E-state index contributed by atoms with van der Waals surface area (Å²) in [7, 11) is 2.90. The second-order valence-corrected chi connectivity index (χ2v) is 3.11. The molecule has 1 aromatic rings. The molecule has 0 amide bonds. The summed E-state index contributed by atoms with van der Waals surface area (Å²) in [4.78, 5) is 21.9. The summed E-state index contributed by atoms with van der Waals surface area (Å²) in [5.74, 6) is -1.62. The van der Waals surface area contributed by atoms with Gasteiger partial charge in [-0.25, -0.2) is 4.79 Å². The van der Waals surface area contributed by atoms with Gasteiger partial charge in [-0.05, 0) is 19.1 Å². The Morgan fingerprint density at radius 1 is 1.19 bits per heavy atom. The van der Waals surface area contributed by atoms with Crippen LogP contribution in [0.5, 0.6) is 11.5 Å². The lowest BCUT2D eigenvalue weighted by Crippen LogP contribution is -2.14. The van der Waals surface area contributed by atoms with Gasteiger partial charge in [-0.1, -0.05) is 0 Å². The van der Waals surface area contributed by atoms with Crippen LogP contribution in [0.25, 0.3) is 0 Å². The van der Waals surface area contributed by atoms with Gasteiger partial charge in [0.2, 0.25) is 0 Å². The van der Waals surface area contributed by atoms with Crippen LogP contribution in [0.15, 0.2) is 12.1 Å². The summed E-state index contributed by atoms with van der Waals surface area (Å²) in [6.07, 6.45) is 0. The summed E-state index contributed by atoms with van der Waals surface area (Å²) in [5, 5.41) is 8.63. The molecule has 0 aliphatic heterocycles. The third kappa shape index (κ3) is 1.98. The van der Waals surface area contributed by atoms with Crippen LogP contribution in [-0.4, -0.2) is 31.1 Å². The van der Waals surface area contributed by atoms with E-state index in [2.05, 4.69) is 0 Å². The first-order valence-electron chi connectivity index (χ1n) is 4.52. The fraction of sp³-hybridized carbons (Fsp3) is 0.273. The van der Waals surface area contributed by atoms with Gasteiger partial charge in [0.05, 0.1) is 14.2 Å². The Labute approximate surface area is 92.6 Å². The molecule has 5 nitrogen and oxygen atoms in total. The molecule has 1 aromatic carbocycles. The molecule has 0 fully saturated rings. The fourth-order valence-corrected chi connectivity index (χ4v) is 1.44. The van der Waals surface area contributed by atoms with Crippen molar-refractivity contribution in [2.75, 3.05) is 14.2 Å². The molecule has 0 aliphatic carbocycles. The van der Waals surface area contributed by atoms with Crippen molar-refractivity contribution in [3.8, 4) is 11.5 Å². The zero-order valence-electron chi connectivity index (χ0n) is 9.23. The summed E-state index contributed by atoms with van der Waals surface area (Å²) in [5.41, 5.74) is 0.555. The number of benzene rings is 1. The zero-order chi connectivity index (χ0) is 12.3. The molecule has 0 aliphatic rings. The first-order chi connectivity index (χ1) is 7.52. The number of ketones is 1. The number of carbonyl (C=O) groups is 2. The third-order valence-corrected chi connectivity index (χ3v) is 2.23. The number of carbonyl (C=O) groups excluding carboxylic acids is 1. The Bertz CT molecular complexity index is 436. The van der Waals surface area contributed by atoms with E-state index < -0.39 is 11.8 Å². The lowest BCUT2D eigenvalue weighted by Gasteiger charge is -2.12. The first-order valence-corrected chi connectivity index (χ1v) is 4.52. The van der Waals surface area contributed by atoms with Crippen molar-refractivity contribution in [1.82, 2.24) is 0 Å². The molecule has 0 aromatic heterocycles. The Morgan fingerprint density at radius 3 is 2.25 bits per heavy atom. The van der Waals surface area contributed by atoms with E-state index in [9.17, 15) is 9.59 Å². The van der Waals surface area contributed by atoms with Gasteiger partial charge in [-0.15, -0.1) is 0 Å². The molecule has 16 heavy (non-hydrogen) atoms. The van der Waals surface area contributed by atoms with Crippen LogP contribution in [0.2, 0.25) is 0 Å². The molecule has 1 N–H and O–H groups in total. The normalized spacial score (nSPS) is 9.69. The van der Waals surface area contributed by atoms with Crippen molar-refractivity contribution >= 4 is 11.8 Å². The van der Waals surface area contributed by atoms with Crippen LogP contribution >= 0.6 is 0 Å². The highest BCUT2D eigenvalue weighted by Crippen LogP contribution is 2.32. The van der Waals surface area contributed by atoms with Crippen molar-refractivity contribution in [1.29, 1.82) is 0 Å². The highest BCUT2D eigenvalue weighted by atomic mass is 16.5. The second-order valence-electron chi connectivity index (χ2n) is 3.11. The molecule has 0 spiro atoms. The molecule has 1 rings (SSSR count). The maximum absolute atomic E-state index is 11.3. The number of methoxy groups -OCH3 is 2. The Morgan fingerprint density at radius 2 is 1.81 bits per heavy atom. The molecular formula is C11H12O5.